The van der Waals surface area contributed by atoms with Gasteiger partial charge in [0, 0.05) is 5.69 Å². The molecule has 8 heteroatoms. The molecular formula is C18H13F3N4O. The summed E-state index contributed by atoms with van der Waals surface area (Å²) in [5.41, 5.74) is -0.312. The first-order valence-electron chi connectivity index (χ1n) is 7.57. The molecule has 0 radical (unpaired) electrons. The van der Waals surface area contributed by atoms with Crippen LogP contribution >= 0.6 is 0 Å². The van der Waals surface area contributed by atoms with Crippen LogP contribution in [0.3, 0.4) is 0 Å². The van der Waals surface area contributed by atoms with Crippen molar-refractivity contribution < 1.29 is 18.0 Å². The fourth-order valence-electron chi connectivity index (χ4n) is 2.21. The zero-order valence-electron chi connectivity index (χ0n) is 13.3. The molecule has 1 aromatic heterocycles. The van der Waals surface area contributed by atoms with Gasteiger partial charge in [0.2, 0.25) is 0 Å². The molecule has 2 N–H and O–H groups in total. The summed E-state index contributed by atoms with van der Waals surface area (Å²) in [7, 11) is 0. The summed E-state index contributed by atoms with van der Waals surface area (Å²) in [6.45, 7) is 0. The van der Waals surface area contributed by atoms with Crippen LogP contribution in [0.2, 0.25) is 0 Å². The number of para-hydroxylation sites is 2. The number of hydrogen-bond donors (Lipinski definition) is 2. The van der Waals surface area contributed by atoms with Gasteiger partial charge < -0.3 is 10.6 Å². The molecule has 2 aromatic carbocycles. The van der Waals surface area contributed by atoms with E-state index in [4.69, 9.17) is 0 Å². The molecular weight excluding hydrogens is 345 g/mol. The topological polar surface area (TPSA) is 66.9 Å². The highest BCUT2D eigenvalue weighted by Crippen LogP contribution is 2.35. The van der Waals surface area contributed by atoms with E-state index < -0.39 is 17.6 Å². The largest absolute Gasteiger partial charge is 0.418 e. The molecule has 132 valence electrons. The van der Waals surface area contributed by atoms with Crippen LogP contribution in [0.5, 0.6) is 0 Å². The van der Waals surface area contributed by atoms with Crippen molar-refractivity contribution in [3.05, 3.63) is 78.0 Å². The Balaban J connectivity index is 1.74. The van der Waals surface area contributed by atoms with E-state index in [-0.39, 0.29) is 17.2 Å². The lowest BCUT2D eigenvalue weighted by atomic mass is 10.1. The van der Waals surface area contributed by atoms with Crippen molar-refractivity contribution in [3.63, 3.8) is 0 Å². The Bertz CT molecular complexity index is 896. The van der Waals surface area contributed by atoms with Gasteiger partial charge in [-0.1, -0.05) is 30.3 Å². The Morgan fingerprint density at radius 3 is 2.19 bits per heavy atom. The number of halogens is 3. The fraction of sp³-hybridized carbons (Fsp3) is 0.0556. The molecule has 26 heavy (non-hydrogen) atoms. The zero-order valence-corrected chi connectivity index (χ0v) is 13.3. The van der Waals surface area contributed by atoms with Crippen LogP contribution < -0.4 is 10.6 Å². The second-order valence-corrected chi connectivity index (χ2v) is 5.29. The first kappa shape index (κ1) is 17.4. The number of carbonyl (C=O) groups excluding carboxylic acids is 1. The van der Waals surface area contributed by atoms with Gasteiger partial charge in [-0.2, -0.15) is 13.2 Å². The van der Waals surface area contributed by atoms with Gasteiger partial charge in [-0.05, 0) is 36.4 Å². The van der Waals surface area contributed by atoms with Crippen LogP contribution in [0.4, 0.5) is 30.4 Å². The second kappa shape index (κ2) is 7.22. The molecule has 0 saturated carbocycles. The van der Waals surface area contributed by atoms with E-state index >= 15 is 0 Å². The average Bonchev–Trinajstić information content (AvgIpc) is 2.63. The lowest BCUT2D eigenvalue weighted by Gasteiger charge is -2.13. The molecule has 3 rings (SSSR count). The standard InChI is InChI=1S/C18H13F3N4O/c19-18(20,21)13-8-4-5-9-14(13)23-16-11-10-15(24-25-16)17(26)22-12-6-2-1-3-7-12/h1-11H,(H,22,26)(H,23,25). The van der Waals surface area contributed by atoms with Crippen molar-refractivity contribution in [3.8, 4) is 0 Å². The molecule has 1 amide bonds. The Morgan fingerprint density at radius 1 is 0.846 bits per heavy atom. The summed E-state index contributed by atoms with van der Waals surface area (Å²) < 4.78 is 39.0. The number of carbonyl (C=O) groups is 1. The van der Waals surface area contributed by atoms with Crippen molar-refractivity contribution in [1.29, 1.82) is 0 Å². The Kier molecular flexibility index (Phi) is 4.83. The van der Waals surface area contributed by atoms with Crippen LogP contribution in [0.1, 0.15) is 16.1 Å². The quantitative estimate of drug-likeness (QED) is 0.721. The number of nitrogens with one attached hydrogen (secondary N) is 2. The van der Waals surface area contributed by atoms with Gasteiger partial charge in [0.05, 0.1) is 11.3 Å². The van der Waals surface area contributed by atoms with E-state index in [1.165, 1.54) is 30.3 Å². The van der Waals surface area contributed by atoms with Crippen LogP contribution in [0.25, 0.3) is 0 Å². The lowest BCUT2D eigenvalue weighted by molar-refractivity contribution is -0.136. The third-order valence-corrected chi connectivity index (χ3v) is 3.42. The van der Waals surface area contributed by atoms with Gasteiger partial charge in [-0.3, -0.25) is 4.79 Å². The molecule has 0 bridgehead atoms. The van der Waals surface area contributed by atoms with E-state index in [0.717, 1.165) is 6.07 Å². The minimum atomic E-state index is -4.49. The summed E-state index contributed by atoms with van der Waals surface area (Å²) in [6, 6.07) is 16.6. The van der Waals surface area contributed by atoms with Gasteiger partial charge in [-0.25, -0.2) is 0 Å². The van der Waals surface area contributed by atoms with Crippen molar-refractivity contribution >= 4 is 23.1 Å². The molecule has 3 aromatic rings. The number of amides is 1. The van der Waals surface area contributed by atoms with Crippen LogP contribution in [0, 0.1) is 0 Å². The first-order chi connectivity index (χ1) is 12.4. The third kappa shape index (κ3) is 4.15. The predicted molar refractivity (Wildman–Crippen MR) is 91.2 cm³/mol. The highest BCUT2D eigenvalue weighted by molar-refractivity contribution is 6.02. The minimum Gasteiger partial charge on any atom is -0.338 e. The number of anilines is 3. The highest BCUT2D eigenvalue weighted by atomic mass is 19.4. The summed E-state index contributed by atoms with van der Waals surface area (Å²) in [4.78, 5) is 12.1. The molecule has 0 aliphatic carbocycles. The van der Waals surface area contributed by atoms with Crippen LogP contribution in [-0.2, 0) is 6.18 Å². The number of alkyl halides is 3. The Morgan fingerprint density at radius 2 is 1.54 bits per heavy atom. The van der Waals surface area contributed by atoms with Crippen LogP contribution in [-0.4, -0.2) is 16.1 Å². The minimum absolute atomic E-state index is 0.0449. The highest BCUT2D eigenvalue weighted by Gasteiger charge is 2.33. The van der Waals surface area contributed by atoms with Crippen molar-refractivity contribution in [2.75, 3.05) is 10.6 Å². The number of aromatic nitrogens is 2. The summed E-state index contributed by atoms with van der Waals surface area (Å²) in [5, 5.41) is 12.7. The maximum Gasteiger partial charge on any atom is 0.418 e. The fourth-order valence-corrected chi connectivity index (χ4v) is 2.21. The van der Waals surface area contributed by atoms with E-state index in [1.807, 2.05) is 6.07 Å². The molecule has 0 fully saturated rings. The number of hydrogen-bond acceptors (Lipinski definition) is 4. The van der Waals surface area contributed by atoms with E-state index in [1.54, 1.807) is 24.3 Å². The smallest absolute Gasteiger partial charge is 0.338 e. The van der Waals surface area contributed by atoms with Gasteiger partial charge in [0.1, 0.15) is 0 Å². The van der Waals surface area contributed by atoms with Gasteiger partial charge in [0.15, 0.2) is 11.5 Å². The normalized spacial score (nSPS) is 11.0. The van der Waals surface area contributed by atoms with Crippen molar-refractivity contribution in [2.45, 2.75) is 6.18 Å². The summed E-state index contributed by atoms with van der Waals surface area (Å²) in [5.74, 6) is -0.371. The second-order valence-electron chi connectivity index (χ2n) is 5.29. The van der Waals surface area contributed by atoms with E-state index in [9.17, 15) is 18.0 Å². The molecule has 1 heterocycles. The zero-order chi connectivity index (χ0) is 18.6. The van der Waals surface area contributed by atoms with E-state index in [2.05, 4.69) is 20.8 Å². The van der Waals surface area contributed by atoms with Crippen LogP contribution in [0.15, 0.2) is 66.7 Å². The van der Waals surface area contributed by atoms with Gasteiger partial charge in [0.25, 0.3) is 5.91 Å². The maximum atomic E-state index is 13.0. The van der Waals surface area contributed by atoms with Crippen molar-refractivity contribution in [2.24, 2.45) is 0 Å². The maximum absolute atomic E-state index is 13.0. The monoisotopic (exact) mass is 358 g/mol. The van der Waals surface area contributed by atoms with Crippen molar-refractivity contribution in [1.82, 2.24) is 10.2 Å². The third-order valence-electron chi connectivity index (χ3n) is 3.42. The molecule has 0 unspecified atom stereocenters. The molecule has 0 saturated heterocycles. The number of nitrogens with zero attached hydrogens (tertiary/aromatic N) is 2. The average molecular weight is 358 g/mol. The molecule has 0 aliphatic heterocycles. The summed E-state index contributed by atoms with van der Waals surface area (Å²) in [6.07, 6.45) is -4.49. The molecule has 0 aliphatic rings. The van der Waals surface area contributed by atoms with E-state index in [0.29, 0.717) is 5.69 Å². The van der Waals surface area contributed by atoms with Gasteiger partial charge >= 0.3 is 6.18 Å². The number of benzene rings is 2. The molecule has 5 nitrogen and oxygen atoms in total. The molecule has 0 atom stereocenters. The Labute approximate surface area is 146 Å². The molecule has 0 spiro atoms. The predicted octanol–water partition coefficient (Wildman–Crippen LogP) is 4.49. The Hall–Kier alpha value is -3.42. The first-order valence-corrected chi connectivity index (χ1v) is 7.57. The lowest BCUT2D eigenvalue weighted by Crippen LogP contribution is -2.14. The van der Waals surface area contributed by atoms with Gasteiger partial charge in [-0.15, -0.1) is 10.2 Å². The summed E-state index contributed by atoms with van der Waals surface area (Å²) >= 11 is 0. The SMILES string of the molecule is O=C(Nc1ccccc1)c1ccc(Nc2ccccc2C(F)(F)F)nn1. The number of rotatable bonds is 4.